The van der Waals surface area contributed by atoms with Gasteiger partial charge >= 0.3 is 12.2 Å². The van der Waals surface area contributed by atoms with E-state index in [0.717, 1.165) is 0 Å². The zero-order chi connectivity index (χ0) is 17.7. The fourth-order valence-electron chi connectivity index (χ4n) is 2.64. The van der Waals surface area contributed by atoms with Crippen LogP contribution in [0, 0.1) is 0 Å². The van der Waals surface area contributed by atoms with Crippen LogP contribution >= 0.6 is 0 Å². The van der Waals surface area contributed by atoms with Gasteiger partial charge in [0.15, 0.2) is 5.78 Å². The van der Waals surface area contributed by atoms with Gasteiger partial charge in [-0.2, -0.15) is 13.2 Å². The number of alkyl halides is 3. The molecule has 1 aromatic rings. The van der Waals surface area contributed by atoms with Gasteiger partial charge in [-0.25, -0.2) is 4.79 Å². The second-order valence-corrected chi connectivity index (χ2v) is 5.78. The number of nitrogens with one attached hydrogen (secondary N) is 1. The minimum Gasteiger partial charge on any atom is -0.324 e. The molecule has 1 aromatic carbocycles. The molecule has 0 bridgehead atoms. The number of carbonyl (C=O) groups is 2. The van der Waals surface area contributed by atoms with E-state index in [1.807, 2.05) is 6.07 Å². The smallest absolute Gasteiger partial charge is 0.324 e. The standard InChI is InChI=1S/C16H20F3N3O2/c1-12(23)14(13-5-3-2-4-6-13)20-15(24)22-9-7-21(8-10-22)11-16(17,18)19/h2-6,14H,7-11H2,1H3,(H,20,24)/t14-/m0/s1. The van der Waals surface area contributed by atoms with Crippen LogP contribution < -0.4 is 5.32 Å². The number of rotatable bonds is 4. The normalized spacial score (nSPS) is 17.4. The summed E-state index contributed by atoms with van der Waals surface area (Å²) in [5, 5.41) is 2.66. The summed E-state index contributed by atoms with van der Waals surface area (Å²) < 4.78 is 37.1. The lowest BCUT2D eigenvalue weighted by Gasteiger charge is -2.35. The summed E-state index contributed by atoms with van der Waals surface area (Å²) in [6, 6.07) is 7.64. The molecule has 24 heavy (non-hydrogen) atoms. The maximum atomic E-state index is 12.4. The lowest BCUT2D eigenvalue weighted by molar-refractivity contribution is -0.148. The van der Waals surface area contributed by atoms with Gasteiger partial charge in [-0.3, -0.25) is 9.69 Å². The Labute approximate surface area is 138 Å². The highest BCUT2D eigenvalue weighted by atomic mass is 19.4. The summed E-state index contributed by atoms with van der Waals surface area (Å²) in [5.41, 5.74) is 0.675. The van der Waals surface area contributed by atoms with Crippen LogP contribution in [0.15, 0.2) is 30.3 Å². The highest BCUT2D eigenvalue weighted by Crippen LogP contribution is 2.18. The third-order valence-corrected chi connectivity index (χ3v) is 3.87. The molecule has 1 atom stereocenters. The Morgan fingerprint density at radius 3 is 2.21 bits per heavy atom. The summed E-state index contributed by atoms with van der Waals surface area (Å²) in [5.74, 6) is -0.203. The largest absolute Gasteiger partial charge is 0.401 e. The van der Waals surface area contributed by atoms with E-state index in [4.69, 9.17) is 0 Å². The van der Waals surface area contributed by atoms with Crippen molar-refractivity contribution in [3.05, 3.63) is 35.9 Å². The van der Waals surface area contributed by atoms with E-state index in [0.29, 0.717) is 5.56 Å². The van der Waals surface area contributed by atoms with Crippen molar-refractivity contribution in [1.29, 1.82) is 0 Å². The number of carbonyl (C=O) groups excluding carboxylic acids is 2. The van der Waals surface area contributed by atoms with Gasteiger partial charge in [0.1, 0.15) is 6.04 Å². The predicted molar refractivity (Wildman–Crippen MR) is 82.5 cm³/mol. The quantitative estimate of drug-likeness (QED) is 0.912. The molecular formula is C16H20F3N3O2. The Morgan fingerprint density at radius 1 is 1.12 bits per heavy atom. The van der Waals surface area contributed by atoms with Crippen molar-refractivity contribution < 1.29 is 22.8 Å². The third kappa shape index (κ3) is 5.23. The molecule has 5 nitrogen and oxygen atoms in total. The van der Waals surface area contributed by atoms with Gasteiger partial charge in [-0.1, -0.05) is 30.3 Å². The Bertz CT molecular complexity index is 570. The van der Waals surface area contributed by atoms with E-state index in [9.17, 15) is 22.8 Å². The van der Waals surface area contributed by atoms with Gasteiger partial charge in [0.2, 0.25) is 0 Å². The minimum absolute atomic E-state index is 0.156. The van der Waals surface area contributed by atoms with Crippen LogP contribution in [0.2, 0.25) is 0 Å². The predicted octanol–water partition coefficient (Wildman–Crippen LogP) is 2.21. The molecule has 0 unspecified atom stereocenters. The summed E-state index contributed by atoms with van der Waals surface area (Å²) >= 11 is 0. The number of halogens is 3. The molecule has 1 saturated heterocycles. The number of amides is 2. The van der Waals surface area contributed by atoms with Crippen LogP contribution in [0.5, 0.6) is 0 Å². The van der Waals surface area contributed by atoms with Crippen molar-refractivity contribution in [1.82, 2.24) is 15.1 Å². The summed E-state index contributed by atoms with van der Waals surface area (Å²) in [4.78, 5) is 26.8. The minimum atomic E-state index is -4.24. The average molecular weight is 343 g/mol. The SMILES string of the molecule is CC(=O)[C@H](NC(=O)N1CCN(CC(F)(F)F)CC1)c1ccccc1. The number of benzene rings is 1. The van der Waals surface area contributed by atoms with E-state index in [-0.39, 0.29) is 32.0 Å². The van der Waals surface area contributed by atoms with Crippen molar-refractivity contribution in [2.75, 3.05) is 32.7 Å². The van der Waals surface area contributed by atoms with E-state index < -0.39 is 24.8 Å². The molecule has 2 rings (SSSR count). The molecule has 0 radical (unpaired) electrons. The summed E-state index contributed by atoms with van der Waals surface area (Å²) in [6.45, 7) is 1.12. The summed E-state index contributed by atoms with van der Waals surface area (Å²) in [6.07, 6.45) is -4.24. The van der Waals surface area contributed by atoms with E-state index in [2.05, 4.69) is 5.32 Å². The van der Waals surface area contributed by atoms with Crippen molar-refractivity contribution >= 4 is 11.8 Å². The van der Waals surface area contributed by atoms with E-state index in [1.165, 1.54) is 16.7 Å². The van der Waals surface area contributed by atoms with Crippen LogP contribution in [0.4, 0.5) is 18.0 Å². The molecule has 0 saturated carbocycles. The van der Waals surface area contributed by atoms with Gasteiger partial charge < -0.3 is 10.2 Å². The zero-order valence-corrected chi connectivity index (χ0v) is 13.3. The monoisotopic (exact) mass is 343 g/mol. The highest BCUT2D eigenvalue weighted by molar-refractivity contribution is 5.88. The third-order valence-electron chi connectivity index (χ3n) is 3.87. The topological polar surface area (TPSA) is 52.7 Å². The lowest BCUT2D eigenvalue weighted by Crippen LogP contribution is -2.54. The average Bonchev–Trinajstić information content (AvgIpc) is 2.52. The van der Waals surface area contributed by atoms with Crippen molar-refractivity contribution in [2.24, 2.45) is 0 Å². The first-order chi connectivity index (χ1) is 11.3. The molecule has 1 heterocycles. The number of piperazine rings is 1. The lowest BCUT2D eigenvalue weighted by atomic mass is 10.0. The molecule has 8 heteroatoms. The second-order valence-electron chi connectivity index (χ2n) is 5.78. The first kappa shape index (κ1) is 18.3. The molecule has 1 fully saturated rings. The highest BCUT2D eigenvalue weighted by Gasteiger charge is 2.33. The van der Waals surface area contributed by atoms with Crippen LogP contribution in [0.1, 0.15) is 18.5 Å². The molecule has 2 amide bonds. The van der Waals surface area contributed by atoms with Gasteiger partial charge in [0, 0.05) is 26.2 Å². The maximum absolute atomic E-state index is 12.4. The molecule has 0 aliphatic carbocycles. The number of ketones is 1. The number of hydrogen-bond acceptors (Lipinski definition) is 3. The number of Topliss-reactive ketones (excluding diaryl/α,β-unsaturated/α-hetero) is 1. The summed E-state index contributed by atoms with van der Waals surface area (Å²) in [7, 11) is 0. The Hall–Kier alpha value is -2.09. The second kappa shape index (κ2) is 7.65. The fourth-order valence-corrected chi connectivity index (χ4v) is 2.64. The molecule has 1 aliphatic heterocycles. The van der Waals surface area contributed by atoms with Crippen molar-refractivity contribution in [3.8, 4) is 0 Å². The van der Waals surface area contributed by atoms with Crippen LogP contribution in [0.3, 0.4) is 0 Å². The molecule has 0 aromatic heterocycles. The van der Waals surface area contributed by atoms with Crippen LogP contribution in [0.25, 0.3) is 0 Å². The number of nitrogens with zero attached hydrogens (tertiary/aromatic N) is 2. The van der Waals surface area contributed by atoms with Gasteiger partial charge in [0.05, 0.1) is 6.54 Å². The Morgan fingerprint density at radius 2 is 1.71 bits per heavy atom. The molecule has 1 N–H and O–H groups in total. The number of urea groups is 1. The zero-order valence-electron chi connectivity index (χ0n) is 13.3. The Balaban J connectivity index is 1.91. The van der Waals surface area contributed by atoms with Crippen LogP contribution in [-0.2, 0) is 4.79 Å². The Kier molecular flexibility index (Phi) is 5.82. The fraction of sp³-hybridized carbons (Fsp3) is 0.500. The molecule has 0 spiro atoms. The first-order valence-corrected chi connectivity index (χ1v) is 7.66. The van der Waals surface area contributed by atoms with E-state index >= 15 is 0 Å². The van der Waals surface area contributed by atoms with Crippen LogP contribution in [-0.4, -0.2) is 60.5 Å². The molecular weight excluding hydrogens is 323 g/mol. The van der Waals surface area contributed by atoms with Crippen molar-refractivity contribution in [3.63, 3.8) is 0 Å². The first-order valence-electron chi connectivity index (χ1n) is 7.66. The van der Waals surface area contributed by atoms with Gasteiger partial charge in [-0.15, -0.1) is 0 Å². The maximum Gasteiger partial charge on any atom is 0.401 e. The van der Waals surface area contributed by atoms with Crippen molar-refractivity contribution in [2.45, 2.75) is 19.1 Å². The molecule has 1 aliphatic rings. The van der Waals surface area contributed by atoms with Gasteiger partial charge in [-0.05, 0) is 12.5 Å². The van der Waals surface area contributed by atoms with Gasteiger partial charge in [0.25, 0.3) is 0 Å². The number of hydrogen-bond donors (Lipinski definition) is 1. The van der Waals surface area contributed by atoms with E-state index in [1.54, 1.807) is 24.3 Å². The molecule has 132 valence electrons.